The van der Waals surface area contributed by atoms with Crippen molar-refractivity contribution in [3.63, 3.8) is 0 Å². The number of rotatable bonds is 9. The Morgan fingerprint density at radius 2 is 1.74 bits per heavy atom. The van der Waals surface area contributed by atoms with Crippen LogP contribution in [0.5, 0.6) is 0 Å². The van der Waals surface area contributed by atoms with Crippen molar-refractivity contribution in [3.05, 3.63) is 64.7 Å². The Morgan fingerprint density at radius 3 is 2.32 bits per heavy atom. The van der Waals surface area contributed by atoms with Crippen LogP contribution in [0, 0.1) is 5.41 Å². The van der Waals surface area contributed by atoms with Gasteiger partial charge in [0.05, 0.1) is 11.5 Å². The van der Waals surface area contributed by atoms with Crippen LogP contribution in [0.15, 0.2) is 53.4 Å². The summed E-state index contributed by atoms with van der Waals surface area (Å²) in [5, 5.41) is 0.758. The van der Waals surface area contributed by atoms with E-state index in [1.54, 1.807) is 12.1 Å². The largest absolute Gasteiger partial charge is 0.381 e. The van der Waals surface area contributed by atoms with E-state index in [-0.39, 0.29) is 11.0 Å². The molecule has 1 saturated heterocycles. The van der Waals surface area contributed by atoms with Gasteiger partial charge < -0.3 is 4.74 Å². The summed E-state index contributed by atoms with van der Waals surface area (Å²) >= 11 is 6.09. The summed E-state index contributed by atoms with van der Waals surface area (Å²) in [6.07, 6.45) is 4.25. The second-order valence-corrected chi connectivity index (χ2v) is 11.7. The Balaban J connectivity index is 1.73. The van der Waals surface area contributed by atoms with E-state index in [0.717, 1.165) is 44.0 Å². The van der Waals surface area contributed by atoms with E-state index in [2.05, 4.69) is 30.9 Å². The van der Waals surface area contributed by atoms with Gasteiger partial charge in [0.1, 0.15) is 0 Å². The van der Waals surface area contributed by atoms with Crippen LogP contribution in [0.25, 0.3) is 0 Å². The Kier molecular flexibility index (Phi) is 7.52. The van der Waals surface area contributed by atoms with Crippen LogP contribution in [0.4, 0.5) is 0 Å². The number of hydrogen-bond acceptors (Lipinski definition) is 4. The van der Waals surface area contributed by atoms with Crippen LogP contribution in [0.2, 0.25) is 5.02 Å². The highest BCUT2D eigenvalue weighted by molar-refractivity contribution is 7.90. The molecular formula is C25H34ClNO3S. The Labute approximate surface area is 192 Å². The molecule has 0 aromatic heterocycles. The van der Waals surface area contributed by atoms with Crippen molar-refractivity contribution in [3.8, 4) is 0 Å². The molecule has 1 aliphatic rings. The fourth-order valence-corrected chi connectivity index (χ4v) is 5.23. The summed E-state index contributed by atoms with van der Waals surface area (Å²) in [6, 6.07) is 15.5. The van der Waals surface area contributed by atoms with E-state index in [1.165, 1.54) is 17.4 Å². The number of halogens is 1. The van der Waals surface area contributed by atoms with Gasteiger partial charge in [0.15, 0.2) is 9.84 Å². The molecule has 0 N–H and O–H groups in total. The minimum atomic E-state index is -3.16. The van der Waals surface area contributed by atoms with Crippen LogP contribution in [0.1, 0.15) is 44.7 Å². The van der Waals surface area contributed by atoms with E-state index >= 15 is 0 Å². The molecule has 1 fully saturated rings. The van der Waals surface area contributed by atoms with E-state index < -0.39 is 9.84 Å². The van der Waals surface area contributed by atoms with Gasteiger partial charge in [-0.05, 0) is 82.0 Å². The van der Waals surface area contributed by atoms with Crippen molar-refractivity contribution in [2.24, 2.45) is 5.41 Å². The highest BCUT2D eigenvalue weighted by Crippen LogP contribution is 2.42. The first kappa shape index (κ1) is 24.2. The molecule has 6 heteroatoms. The zero-order valence-electron chi connectivity index (χ0n) is 19.0. The van der Waals surface area contributed by atoms with Crippen LogP contribution >= 0.6 is 11.6 Å². The van der Waals surface area contributed by atoms with Gasteiger partial charge in [0, 0.05) is 35.4 Å². The van der Waals surface area contributed by atoms with E-state index in [4.69, 9.17) is 16.3 Å². The molecule has 0 saturated carbocycles. The van der Waals surface area contributed by atoms with Gasteiger partial charge in [-0.25, -0.2) is 8.42 Å². The minimum Gasteiger partial charge on any atom is -0.381 e. The van der Waals surface area contributed by atoms with Crippen LogP contribution in [-0.4, -0.2) is 45.9 Å². The topological polar surface area (TPSA) is 46.6 Å². The first-order chi connectivity index (χ1) is 14.6. The number of likely N-dealkylation sites (tertiary alicyclic amines) is 1. The third-order valence-corrected chi connectivity index (χ3v) is 8.07. The smallest absolute Gasteiger partial charge is 0.175 e. The van der Waals surface area contributed by atoms with E-state index in [1.807, 2.05) is 31.2 Å². The predicted molar refractivity (Wildman–Crippen MR) is 127 cm³/mol. The monoisotopic (exact) mass is 463 g/mol. The first-order valence-electron chi connectivity index (χ1n) is 10.9. The Bertz CT molecular complexity index is 971. The highest BCUT2D eigenvalue weighted by Gasteiger charge is 2.43. The Morgan fingerprint density at radius 1 is 1.10 bits per heavy atom. The molecule has 31 heavy (non-hydrogen) atoms. The molecule has 0 aliphatic carbocycles. The average Bonchev–Trinajstić information content (AvgIpc) is 3.16. The lowest BCUT2D eigenvalue weighted by Gasteiger charge is -2.38. The van der Waals surface area contributed by atoms with Crippen molar-refractivity contribution in [1.29, 1.82) is 0 Å². The summed E-state index contributed by atoms with van der Waals surface area (Å²) in [5.74, 6) is 0. The standard InChI is InChI=1S/C25H34ClNO3S/c1-5-30-19-25(15-14-20-6-12-23(13-7-20)31(4,28)29)16-17-27(18-25)24(2,3)21-8-10-22(26)11-9-21/h6-13H,5,14-19H2,1-4H3/t25-/m1/s1. The maximum Gasteiger partial charge on any atom is 0.175 e. The fourth-order valence-electron chi connectivity index (χ4n) is 4.48. The third-order valence-electron chi connectivity index (χ3n) is 6.69. The van der Waals surface area contributed by atoms with Crippen molar-refractivity contribution in [1.82, 2.24) is 4.90 Å². The highest BCUT2D eigenvalue weighted by atomic mass is 35.5. The number of sulfone groups is 1. The summed E-state index contributed by atoms with van der Waals surface area (Å²) < 4.78 is 29.4. The first-order valence-corrected chi connectivity index (χ1v) is 13.2. The maximum atomic E-state index is 11.7. The molecule has 170 valence electrons. The van der Waals surface area contributed by atoms with E-state index in [0.29, 0.717) is 11.5 Å². The normalized spacial score (nSPS) is 20.3. The summed E-state index contributed by atoms with van der Waals surface area (Å²) in [6.45, 7) is 10.1. The second-order valence-electron chi connectivity index (χ2n) is 9.29. The number of aryl methyl sites for hydroxylation is 1. The Hall–Kier alpha value is -1.40. The molecule has 0 bridgehead atoms. The number of nitrogens with zero attached hydrogens (tertiary/aromatic N) is 1. The third kappa shape index (κ3) is 5.89. The van der Waals surface area contributed by atoms with Crippen molar-refractivity contribution < 1.29 is 13.2 Å². The molecule has 1 atom stereocenters. The van der Waals surface area contributed by atoms with Gasteiger partial charge >= 0.3 is 0 Å². The summed E-state index contributed by atoms with van der Waals surface area (Å²) in [5.41, 5.74) is 2.43. The quantitative estimate of drug-likeness (QED) is 0.503. The molecule has 2 aromatic carbocycles. The molecule has 1 heterocycles. The molecule has 0 radical (unpaired) electrons. The predicted octanol–water partition coefficient (Wildman–Crippen LogP) is 5.34. The molecule has 0 unspecified atom stereocenters. The van der Waals surface area contributed by atoms with Crippen molar-refractivity contribution in [2.45, 2.75) is 50.5 Å². The average molecular weight is 464 g/mol. The molecule has 1 aliphatic heterocycles. The molecule has 4 nitrogen and oxygen atoms in total. The fraction of sp³-hybridized carbons (Fsp3) is 0.520. The number of ether oxygens (including phenoxy) is 1. The molecule has 3 rings (SSSR count). The molecule has 0 amide bonds. The minimum absolute atomic E-state index is 0.0876. The maximum absolute atomic E-state index is 11.7. The zero-order chi connectivity index (χ0) is 22.7. The van der Waals surface area contributed by atoms with Gasteiger partial charge in [-0.1, -0.05) is 35.9 Å². The van der Waals surface area contributed by atoms with Crippen molar-refractivity contribution in [2.75, 3.05) is 32.6 Å². The lowest BCUT2D eigenvalue weighted by atomic mass is 9.81. The van der Waals surface area contributed by atoms with E-state index in [9.17, 15) is 8.42 Å². The molecule has 0 spiro atoms. The van der Waals surface area contributed by atoms with Crippen LogP contribution in [0.3, 0.4) is 0 Å². The van der Waals surface area contributed by atoms with Gasteiger partial charge in [-0.2, -0.15) is 0 Å². The lowest BCUT2D eigenvalue weighted by molar-refractivity contribution is 0.0385. The van der Waals surface area contributed by atoms with Gasteiger partial charge in [-0.15, -0.1) is 0 Å². The second kappa shape index (κ2) is 9.62. The van der Waals surface area contributed by atoms with Gasteiger partial charge in [0.25, 0.3) is 0 Å². The number of benzene rings is 2. The summed E-state index contributed by atoms with van der Waals surface area (Å²) in [7, 11) is -3.16. The van der Waals surface area contributed by atoms with Crippen molar-refractivity contribution >= 4 is 21.4 Å². The summed E-state index contributed by atoms with van der Waals surface area (Å²) in [4.78, 5) is 2.93. The SMILES string of the molecule is CCOC[C@]1(CCc2ccc(S(C)(=O)=O)cc2)CCN(C(C)(C)c2ccc(Cl)cc2)C1. The van der Waals surface area contributed by atoms with Gasteiger partial charge in [0.2, 0.25) is 0 Å². The van der Waals surface area contributed by atoms with Crippen LogP contribution < -0.4 is 0 Å². The molecule has 2 aromatic rings. The zero-order valence-corrected chi connectivity index (χ0v) is 20.6. The number of hydrogen-bond donors (Lipinski definition) is 0. The van der Waals surface area contributed by atoms with Gasteiger partial charge in [-0.3, -0.25) is 4.90 Å². The van der Waals surface area contributed by atoms with Crippen LogP contribution in [-0.2, 0) is 26.5 Å². The lowest BCUT2D eigenvalue weighted by Crippen LogP contribution is -2.42. The molecular weight excluding hydrogens is 430 g/mol.